The van der Waals surface area contributed by atoms with Crippen LogP contribution in [0.5, 0.6) is 5.75 Å². The van der Waals surface area contributed by atoms with Gasteiger partial charge >= 0.3 is 0 Å². The van der Waals surface area contributed by atoms with Gasteiger partial charge in [0.2, 0.25) is 0 Å². The molecule has 0 aliphatic heterocycles. The van der Waals surface area contributed by atoms with Gasteiger partial charge in [0.05, 0.1) is 10.6 Å². The number of nitriles is 1. The van der Waals surface area contributed by atoms with Crippen molar-refractivity contribution in [3.05, 3.63) is 68.5 Å². The minimum Gasteiger partial charge on any atom is -0.484 e. The van der Waals surface area contributed by atoms with E-state index >= 15 is 0 Å². The van der Waals surface area contributed by atoms with Crippen LogP contribution < -0.4 is 4.74 Å². The Bertz CT molecular complexity index is 946. The van der Waals surface area contributed by atoms with Crippen LogP contribution in [0.15, 0.2) is 40.1 Å². The summed E-state index contributed by atoms with van der Waals surface area (Å²) in [5.41, 5.74) is 2.33. The van der Waals surface area contributed by atoms with E-state index in [2.05, 4.69) is 11.1 Å². The van der Waals surface area contributed by atoms with Crippen LogP contribution in [0.3, 0.4) is 0 Å². The molecule has 6 heteroatoms. The number of aryl methyl sites for hydroxylation is 2. The fourth-order valence-corrected chi connectivity index (χ4v) is 3.29. The molecule has 2 aromatic heterocycles. The van der Waals surface area contributed by atoms with Crippen LogP contribution in [0.25, 0.3) is 11.6 Å². The first-order chi connectivity index (χ1) is 12.1. The highest BCUT2D eigenvalue weighted by Gasteiger charge is 2.09. The average molecular weight is 371 g/mol. The number of para-hydroxylation sites is 1. The number of hydrogen-bond donors (Lipinski definition) is 0. The maximum Gasteiger partial charge on any atom is 0.146 e. The third-order valence-corrected chi connectivity index (χ3v) is 4.75. The first-order valence-corrected chi connectivity index (χ1v) is 8.83. The number of ether oxygens (including phenoxy) is 1. The van der Waals surface area contributed by atoms with Crippen molar-refractivity contribution in [1.29, 1.82) is 5.26 Å². The second-order valence-corrected chi connectivity index (χ2v) is 6.71. The van der Waals surface area contributed by atoms with Crippen LogP contribution in [0.1, 0.15) is 27.8 Å². The van der Waals surface area contributed by atoms with Crippen molar-refractivity contribution < 1.29 is 9.15 Å². The SMILES string of the molecule is Cc1csc(/C(C#N)=C\c2ccc(COc3c(C)cccc3Cl)o2)n1. The number of thiazole rings is 1. The molecule has 0 saturated heterocycles. The van der Waals surface area contributed by atoms with Crippen LogP contribution in [-0.4, -0.2) is 4.98 Å². The number of halogens is 1. The molecule has 3 aromatic rings. The quantitative estimate of drug-likeness (QED) is 0.544. The standard InChI is InChI=1S/C19H15ClN2O2S/c1-12-4-3-5-17(20)18(12)23-10-16-7-6-15(24-16)8-14(9-21)19-22-13(2)11-25-19/h3-8,11H,10H2,1-2H3/b14-8-. The van der Waals surface area contributed by atoms with E-state index in [0.717, 1.165) is 11.3 Å². The highest BCUT2D eigenvalue weighted by Crippen LogP contribution is 2.29. The van der Waals surface area contributed by atoms with Crippen LogP contribution in [-0.2, 0) is 6.61 Å². The van der Waals surface area contributed by atoms with Gasteiger partial charge in [0.25, 0.3) is 0 Å². The lowest BCUT2D eigenvalue weighted by molar-refractivity contribution is 0.268. The van der Waals surface area contributed by atoms with E-state index in [4.69, 9.17) is 20.8 Å². The maximum atomic E-state index is 9.34. The molecule has 0 N–H and O–H groups in total. The smallest absolute Gasteiger partial charge is 0.146 e. The number of hydrogen-bond acceptors (Lipinski definition) is 5. The monoisotopic (exact) mass is 370 g/mol. The van der Waals surface area contributed by atoms with Gasteiger partial charge in [0.15, 0.2) is 0 Å². The Kier molecular flexibility index (Phi) is 5.22. The Morgan fingerprint density at radius 3 is 2.88 bits per heavy atom. The van der Waals surface area contributed by atoms with E-state index in [1.54, 1.807) is 18.2 Å². The van der Waals surface area contributed by atoms with Crippen molar-refractivity contribution in [3.8, 4) is 11.8 Å². The highest BCUT2D eigenvalue weighted by molar-refractivity contribution is 7.11. The summed E-state index contributed by atoms with van der Waals surface area (Å²) in [6, 6.07) is 11.4. The third kappa shape index (κ3) is 4.11. The lowest BCUT2D eigenvalue weighted by Crippen LogP contribution is -1.96. The van der Waals surface area contributed by atoms with Gasteiger partial charge in [0.1, 0.15) is 35.0 Å². The maximum absolute atomic E-state index is 9.34. The van der Waals surface area contributed by atoms with Gasteiger partial charge in [-0.15, -0.1) is 11.3 Å². The van der Waals surface area contributed by atoms with Crippen molar-refractivity contribution in [2.45, 2.75) is 20.5 Å². The molecule has 0 amide bonds. The van der Waals surface area contributed by atoms with E-state index in [0.29, 0.717) is 32.9 Å². The van der Waals surface area contributed by atoms with Gasteiger partial charge in [-0.25, -0.2) is 4.98 Å². The number of rotatable bonds is 5. The molecule has 0 saturated carbocycles. The van der Waals surface area contributed by atoms with E-state index in [-0.39, 0.29) is 6.61 Å². The van der Waals surface area contributed by atoms with E-state index in [1.807, 2.05) is 37.4 Å². The number of furan rings is 1. The number of nitrogens with zero attached hydrogens (tertiary/aromatic N) is 2. The average Bonchev–Trinajstić information content (AvgIpc) is 3.21. The summed E-state index contributed by atoms with van der Waals surface area (Å²) in [6.07, 6.45) is 1.68. The number of aromatic nitrogens is 1. The van der Waals surface area contributed by atoms with Crippen molar-refractivity contribution in [2.75, 3.05) is 0 Å². The Balaban J connectivity index is 1.74. The first-order valence-electron chi connectivity index (χ1n) is 7.57. The predicted octanol–water partition coefficient (Wildman–Crippen LogP) is 5.65. The summed E-state index contributed by atoms with van der Waals surface area (Å²) >= 11 is 7.59. The topological polar surface area (TPSA) is 59.0 Å². The van der Waals surface area contributed by atoms with Gasteiger partial charge in [-0.2, -0.15) is 5.26 Å². The van der Waals surface area contributed by atoms with Gasteiger partial charge in [-0.3, -0.25) is 0 Å². The van der Waals surface area contributed by atoms with Crippen molar-refractivity contribution in [1.82, 2.24) is 4.98 Å². The molecule has 0 radical (unpaired) electrons. The normalized spacial score (nSPS) is 11.4. The molecule has 0 spiro atoms. The summed E-state index contributed by atoms with van der Waals surface area (Å²) in [5, 5.41) is 12.5. The lowest BCUT2D eigenvalue weighted by Gasteiger charge is -2.09. The molecular weight excluding hydrogens is 356 g/mol. The van der Waals surface area contributed by atoms with Crippen molar-refractivity contribution in [3.63, 3.8) is 0 Å². The number of allylic oxidation sites excluding steroid dienone is 1. The molecule has 0 fully saturated rings. The summed E-state index contributed by atoms with van der Waals surface area (Å²) in [7, 11) is 0. The molecular formula is C19H15ClN2O2S. The minimum atomic E-state index is 0.261. The molecule has 0 aliphatic rings. The molecule has 0 atom stereocenters. The summed E-state index contributed by atoms with van der Waals surface area (Å²) in [5.74, 6) is 1.88. The van der Waals surface area contributed by atoms with E-state index in [1.165, 1.54) is 11.3 Å². The fraction of sp³-hybridized carbons (Fsp3) is 0.158. The Hall–Kier alpha value is -2.55. The molecule has 0 unspecified atom stereocenters. The number of benzene rings is 1. The lowest BCUT2D eigenvalue weighted by atomic mass is 10.2. The van der Waals surface area contributed by atoms with E-state index in [9.17, 15) is 5.26 Å². The first kappa shape index (κ1) is 17.3. The molecule has 25 heavy (non-hydrogen) atoms. The van der Waals surface area contributed by atoms with Crippen LogP contribution in [0.2, 0.25) is 5.02 Å². The molecule has 0 bridgehead atoms. The van der Waals surface area contributed by atoms with Crippen molar-refractivity contribution in [2.24, 2.45) is 0 Å². The molecule has 3 rings (SSSR count). The highest BCUT2D eigenvalue weighted by atomic mass is 35.5. The van der Waals surface area contributed by atoms with Gasteiger partial charge in [-0.05, 0) is 37.6 Å². The third-order valence-electron chi connectivity index (χ3n) is 3.46. The van der Waals surface area contributed by atoms with Crippen LogP contribution >= 0.6 is 22.9 Å². The van der Waals surface area contributed by atoms with Crippen LogP contribution in [0.4, 0.5) is 0 Å². The van der Waals surface area contributed by atoms with Crippen molar-refractivity contribution >= 4 is 34.6 Å². The van der Waals surface area contributed by atoms with Crippen LogP contribution in [0, 0.1) is 25.2 Å². The Labute approximate surface area is 155 Å². The Morgan fingerprint density at radius 1 is 1.36 bits per heavy atom. The summed E-state index contributed by atoms with van der Waals surface area (Å²) < 4.78 is 11.5. The summed E-state index contributed by atoms with van der Waals surface area (Å²) in [6.45, 7) is 4.09. The van der Waals surface area contributed by atoms with Gasteiger partial charge in [-0.1, -0.05) is 23.7 Å². The molecule has 2 heterocycles. The second-order valence-electron chi connectivity index (χ2n) is 5.44. The molecule has 0 aliphatic carbocycles. The molecule has 126 valence electrons. The van der Waals surface area contributed by atoms with E-state index < -0.39 is 0 Å². The minimum absolute atomic E-state index is 0.261. The van der Waals surface area contributed by atoms with Gasteiger partial charge in [0, 0.05) is 17.2 Å². The zero-order chi connectivity index (χ0) is 17.8. The predicted molar refractivity (Wildman–Crippen MR) is 99.6 cm³/mol. The summed E-state index contributed by atoms with van der Waals surface area (Å²) in [4.78, 5) is 4.33. The zero-order valence-electron chi connectivity index (χ0n) is 13.7. The fourth-order valence-electron chi connectivity index (χ4n) is 2.25. The van der Waals surface area contributed by atoms with Gasteiger partial charge < -0.3 is 9.15 Å². The molecule has 1 aromatic carbocycles. The largest absolute Gasteiger partial charge is 0.484 e. The molecule has 4 nitrogen and oxygen atoms in total. The Morgan fingerprint density at radius 2 is 2.20 bits per heavy atom. The second kappa shape index (κ2) is 7.56. The zero-order valence-corrected chi connectivity index (χ0v) is 15.3.